The van der Waals surface area contributed by atoms with Crippen LogP contribution in [0.1, 0.15) is 0 Å². The van der Waals surface area contributed by atoms with Gasteiger partial charge in [0.2, 0.25) is 5.16 Å². The lowest BCUT2D eigenvalue weighted by molar-refractivity contribution is -0.133. The van der Waals surface area contributed by atoms with Gasteiger partial charge in [-0.2, -0.15) is 0 Å². The molecule has 0 saturated heterocycles. The predicted octanol–water partition coefficient (Wildman–Crippen LogP) is 1.49. The maximum absolute atomic E-state index is 13.0. The first-order valence-electron chi connectivity index (χ1n) is 4.82. The van der Waals surface area contributed by atoms with Gasteiger partial charge in [-0.25, -0.2) is 9.37 Å². The molecule has 0 aliphatic carbocycles. The number of phenols is 1. The maximum Gasteiger partial charge on any atom is 0.313 e. The first-order valence-corrected chi connectivity index (χ1v) is 5.80. The van der Waals surface area contributed by atoms with Crippen LogP contribution >= 0.6 is 11.8 Å². The Morgan fingerprint density at radius 1 is 1.50 bits per heavy atom. The molecular formula is C10H8FN3O3S. The summed E-state index contributed by atoms with van der Waals surface area (Å²) in [5.74, 6) is -1.63. The van der Waals surface area contributed by atoms with Gasteiger partial charge in [-0.05, 0) is 18.2 Å². The quantitative estimate of drug-likeness (QED) is 0.727. The number of phenolic OH excluding ortho intramolecular Hbond substituents is 1. The van der Waals surface area contributed by atoms with Gasteiger partial charge in [0.05, 0.1) is 11.3 Å². The van der Waals surface area contributed by atoms with Crippen LogP contribution < -0.4 is 0 Å². The van der Waals surface area contributed by atoms with Crippen molar-refractivity contribution < 1.29 is 19.4 Å². The highest BCUT2D eigenvalue weighted by molar-refractivity contribution is 7.99. The van der Waals surface area contributed by atoms with Crippen molar-refractivity contribution in [2.75, 3.05) is 5.75 Å². The number of carboxylic acid groups (broad SMARTS) is 1. The molecule has 0 saturated carbocycles. The van der Waals surface area contributed by atoms with Crippen molar-refractivity contribution in [3.05, 3.63) is 24.0 Å². The molecule has 0 spiro atoms. The number of carbonyl (C=O) groups is 1. The predicted molar refractivity (Wildman–Crippen MR) is 61.8 cm³/mol. The van der Waals surface area contributed by atoms with Crippen LogP contribution in [-0.4, -0.2) is 37.1 Å². The summed E-state index contributed by atoms with van der Waals surface area (Å²) in [6.45, 7) is 0. The molecule has 94 valence electrons. The average Bonchev–Trinajstić information content (AvgIpc) is 2.78. The van der Waals surface area contributed by atoms with Gasteiger partial charge in [-0.3, -0.25) is 9.89 Å². The first kappa shape index (κ1) is 12.4. The summed E-state index contributed by atoms with van der Waals surface area (Å²) in [4.78, 5) is 14.3. The Kier molecular flexibility index (Phi) is 3.47. The minimum atomic E-state index is -0.986. The second-order valence-corrected chi connectivity index (χ2v) is 4.25. The van der Waals surface area contributed by atoms with Crippen molar-refractivity contribution >= 4 is 17.7 Å². The third-order valence-corrected chi connectivity index (χ3v) is 2.84. The molecule has 2 rings (SSSR count). The van der Waals surface area contributed by atoms with Crippen LogP contribution in [0.3, 0.4) is 0 Å². The molecule has 8 heteroatoms. The number of halogens is 1. The van der Waals surface area contributed by atoms with Gasteiger partial charge in [0, 0.05) is 0 Å². The Bertz CT molecular complexity index is 587. The fraction of sp³-hybridized carbons (Fsp3) is 0.100. The second kappa shape index (κ2) is 5.05. The normalized spacial score (nSPS) is 10.5. The molecule has 1 aromatic carbocycles. The first-order chi connectivity index (χ1) is 8.56. The van der Waals surface area contributed by atoms with Crippen molar-refractivity contribution in [3.8, 4) is 17.1 Å². The number of hydrogen-bond donors (Lipinski definition) is 3. The van der Waals surface area contributed by atoms with Crippen LogP contribution in [0.15, 0.2) is 23.4 Å². The van der Waals surface area contributed by atoms with E-state index in [-0.39, 0.29) is 28.0 Å². The molecule has 6 nitrogen and oxygen atoms in total. The smallest absolute Gasteiger partial charge is 0.313 e. The van der Waals surface area contributed by atoms with Crippen LogP contribution in [0.25, 0.3) is 11.4 Å². The second-order valence-electron chi connectivity index (χ2n) is 3.31. The molecule has 0 fully saturated rings. The van der Waals surface area contributed by atoms with Crippen LogP contribution in [0, 0.1) is 5.82 Å². The SMILES string of the molecule is O=C(O)CSc1n[nH]c(-c2cc(F)ccc2O)n1. The Balaban J connectivity index is 2.23. The molecule has 2 aromatic rings. The number of H-pyrrole nitrogens is 1. The number of benzene rings is 1. The summed E-state index contributed by atoms with van der Waals surface area (Å²) in [6, 6.07) is 3.44. The molecule has 0 aliphatic heterocycles. The van der Waals surface area contributed by atoms with Gasteiger partial charge in [0.25, 0.3) is 0 Å². The fourth-order valence-electron chi connectivity index (χ4n) is 1.26. The lowest BCUT2D eigenvalue weighted by atomic mass is 10.2. The van der Waals surface area contributed by atoms with E-state index in [1.165, 1.54) is 6.07 Å². The number of aromatic nitrogens is 3. The van der Waals surface area contributed by atoms with Crippen molar-refractivity contribution in [1.29, 1.82) is 0 Å². The number of aliphatic carboxylic acids is 1. The number of nitrogens with zero attached hydrogens (tertiary/aromatic N) is 2. The highest BCUT2D eigenvalue weighted by Crippen LogP contribution is 2.28. The van der Waals surface area contributed by atoms with Crippen LogP contribution in [-0.2, 0) is 4.79 Å². The summed E-state index contributed by atoms with van der Waals surface area (Å²) in [5, 5.41) is 24.6. The Morgan fingerprint density at radius 3 is 3.00 bits per heavy atom. The summed E-state index contributed by atoms with van der Waals surface area (Å²) in [5.41, 5.74) is 0.171. The van der Waals surface area contributed by atoms with Crippen molar-refractivity contribution in [2.24, 2.45) is 0 Å². The summed E-state index contributed by atoms with van der Waals surface area (Å²) >= 11 is 0.926. The monoisotopic (exact) mass is 269 g/mol. The van der Waals surface area contributed by atoms with E-state index in [1.807, 2.05) is 0 Å². The van der Waals surface area contributed by atoms with Gasteiger partial charge < -0.3 is 10.2 Å². The average molecular weight is 269 g/mol. The van der Waals surface area contributed by atoms with Crippen molar-refractivity contribution in [1.82, 2.24) is 15.2 Å². The molecule has 0 amide bonds. The van der Waals surface area contributed by atoms with E-state index in [2.05, 4.69) is 15.2 Å². The van der Waals surface area contributed by atoms with Crippen LogP contribution in [0.2, 0.25) is 0 Å². The summed E-state index contributed by atoms with van der Waals surface area (Å²) in [6.07, 6.45) is 0. The number of aromatic hydroxyl groups is 1. The third kappa shape index (κ3) is 2.77. The Hall–Kier alpha value is -2.09. The van der Waals surface area contributed by atoms with E-state index in [0.717, 1.165) is 23.9 Å². The zero-order chi connectivity index (χ0) is 13.1. The topological polar surface area (TPSA) is 99.1 Å². The Labute approximate surface area is 105 Å². The van der Waals surface area contributed by atoms with Crippen molar-refractivity contribution in [2.45, 2.75) is 5.16 Å². The number of aromatic amines is 1. The largest absolute Gasteiger partial charge is 0.507 e. The number of hydrogen-bond acceptors (Lipinski definition) is 5. The zero-order valence-corrected chi connectivity index (χ0v) is 9.74. The minimum absolute atomic E-state index is 0.137. The van der Waals surface area contributed by atoms with Gasteiger partial charge in [-0.15, -0.1) is 5.10 Å². The molecule has 1 aromatic heterocycles. The summed E-state index contributed by atoms with van der Waals surface area (Å²) < 4.78 is 13.0. The molecule has 3 N–H and O–H groups in total. The zero-order valence-electron chi connectivity index (χ0n) is 8.92. The van der Waals surface area contributed by atoms with Gasteiger partial charge in [0.15, 0.2) is 5.82 Å². The molecule has 0 radical (unpaired) electrons. The number of carboxylic acids is 1. The highest BCUT2D eigenvalue weighted by atomic mass is 32.2. The van der Waals surface area contributed by atoms with E-state index >= 15 is 0 Å². The Morgan fingerprint density at radius 2 is 2.28 bits per heavy atom. The molecular weight excluding hydrogens is 261 g/mol. The van der Waals surface area contributed by atoms with E-state index in [0.29, 0.717) is 0 Å². The van der Waals surface area contributed by atoms with E-state index in [4.69, 9.17) is 5.11 Å². The molecule has 18 heavy (non-hydrogen) atoms. The number of thioether (sulfide) groups is 1. The van der Waals surface area contributed by atoms with E-state index < -0.39 is 11.8 Å². The van der Waals surface area contributed by atoms with Gasteiger partial charge >= 0.3 is 5.97 Å². The molecule has 0 atom stereocenters. The van der Waals surface area contributed by atoms with Gasteiger partial charge in [0.1, 0.15) is 11.6 Å². The third-order valence-electron chi connectivity index (χ3n) is 2.00. The van der Waals surface area contributed by atoms with E-state index in [9.17, 15) is 14.3 Å². The maximum atomic E-state index is 13.0. The lowest BCUT2D eigenvalue weighted by Crippen LogP contribution is -1.97. The summed E-state index contributed by atoms with van der Waals surface area (Å²) in [7, 11) is 0. The van der Waals surface area contributed by atoms with Crippen LogP contribution in [0.4, 0.5) is 4.39 Å². The number of rotatable bonds is 4. The standard InChI is InChI=1S/C10H8FN3O3S/c11-5-1-2-7(15)6(3-5)9-12-10(14-13-9)18-4-8(16)17/h1-3,15H,4H2,(H,16,17)(H,12,13,14). The number of nitrogens with one attached hydrogen (secondary N) is 1. The molecule has 1 heterocycles. The molecule has 0 unspecified atom stereocenters. The van der Waals surface area contributed by atoms with Crippen LogP contribution in [0.5, 0.6) is 5.75 Å². The van der Waals surface area contributed by atoms with Gasteiger partial charge in [-0.1, -0.05) is 11.8 Å². The lowest BCUT2D eigenvalue weighted by Gasteiger charge is -1.99. The van der Waals surface area contributed by atoms with E-state index in [1.54, 1.807) is 0 Å². The minimum Gasteiger partial charge on any atom is -0.507 e. The molecule has 0 bridgehead atoms. The van der Waals surface area contributed by atoms with Crippen molar-refractivity contribution in [3.63, 3.8) is 0 Å². The molecule has 0 aliphatic rings. The highest BCUT2D eigenvalue weighted by Gasteiger charge is 2.12. The fourth-order valence-corrected chi connectivity index (χ4v) is 1.77.